The number of nitrogens with one attached hydrogen (secondary N) is 2. The van der Waals surface area contributed by atoms with Crippen LogP contribution in [-0.4, -0.2) is 51.2 Å². The Morgan fingerprint density at radius 2 is 1.91 bits per heavy atom. The van der Waals surface area contributed by atoms with Gasteiger partial charge in [-0.05, 0) is 43.3 Å². The molecule has 3 aromatic rings. The SMILES string of the molecule is CCn1c(SCC(=O)Nc2ccccc2F)nnc1[C@@H](CO)NC(=O)c1ccc(OC)cc1. The van der Waals surface area contributed by atoms with E-state index < -0.39 is 24.4 Å². The summed E-state index contributed by atoms with van der Waals surface area (Å²) in [6.07, 6.45) is 0. The lowest BCUT2D eigenvalue weighted by atomic mass is 10.2. The average molecular weight is 474 g/mol. The number of thioether (sulfide) groups is 1. The van der Waals surface area contributed by atoms with Crippen LogP contribution in [0.4, 0.5) is 10.1 Å². The number of para-hydroxylation sites is 1. The van der Waals surface area contributed by atoms with Gasteiger partial charge in [0, 0.05) is 12.1 Å². The molecule has 0 unspecified atom stereocenters. The first-order valence-corrected chi connectivity index (χ1v) is 11.1. The van der Waals surface area contributed by atoms with Crippen LogP contribution in [0.3, 0.4) is 0 Å². The van der Waals surface area contributed by atoms with E-state index in [0.29, 0.717) is 28.8 Å². The van der Waals surface area contributed by atoms with E-state index >= 15 is 0 Å². The molecule has 0 fully saturated rings. The molecule has 2 aromatic carbocycles. The highest BCUT2D eigenvalue weighted by molar-refractivity contribution is 7.99. The van der Waals surface area contributed by atoms with Crippen LogP contribution in [0, 0.1) is 5.82 Å². The van der Waals surface area contributed by atoms with Crippen LogP contribution in [-0.2, 0) is 11.3 Å². The van der Waals surface area contributed by atoms with Gasteiger partial charge in [0.15, 0.2) is 11.0 Å². The molecule has 1 heterocycles. The smallest absolute Gasteiger partial charge is 0.251 e. The van der Waals surface area contributed by atoms with E-state index in [1.54, 1.807) is 34.9 Å². The summed E-state index contributed by atoms with van der Waals surface area (Å²) in [5.41, 5.74) is 0.499. The minimum Gasteiger partial charge on any atom is -0.497 e. The highest BCUT2D eigenvalue weighted by Crippen LogP contribution is 2.22. The fourth-order valence-corrected chi connectivity index (χ4v) is 3.83. The van der Waals surface area contributed by atoms with Gasteiger partial charge in [0.1, 0.15) is 17.6 Å². The van der Waals surface area contributed by atoms with Crippen molar-refractivity contribution in [1.29, 1.82) is 0 Å². The predicted octanol–water partition coefficient (Wildman–Crippen LogP) is 2.64. The highest BCUT2D eigenvalue weighted by Gasteiger charge is 2.23. The maximum atomic E-state index is 13.7. The van der Waals surface area contributed by atoms with E-state index in [1.807, 2.05) is 6.92 Å². The molecule has 0 aliphatic heterocycles. The number of nitrogens with zero attached hydrogens (tertiary/aromatic N) is 3. The molecule has 0 radical (unpaired) electrons. The number of aliphatic hydroxyl groups is 1. The predicted molar refractivity (Wildman–Crippen MR) is 122 cm³/mol. The molecule has 0 bridgehead atoms. The van der Waals surface area contributed by atoms with Crippen LogP contribution < -0.4 is 15.4 Å². The molecule has 2 amide bonds. The number of benzene rings is 2. The second-order valence-corrected chi connectivity index (χ2v) is 7.78. The first kappa shape index (κ1) is 24.2. The van der Waals surface area contributed by atoms with Gasteiger partial charge in [-0.25, -0.2) is 4.39 Å². The van der Waals surface area contributed by atoms with Gasteiger partial charge in [-0.15, -0.1) is 10.2 Å². The molecule has 174 valence electrons. The molecule has 3 rings (SSSR count). The van der Waals surface area contributed by atoms with Crippen molar-refractivity contribution < 1.29 is 23.8 Å². The van der Waals surface area contributed by atoms with Gasteiger partial charge >= 0.3 is 0 Å². The number of hydrogen-bond donors (Lipinski definition) is 3. The number of methoxy groups -OCH3 is 1. The Labute approximate surface area is 194 Å². The van der Waals surface area contributed by atoms with Crippen molar-refractivity contribution in [1.82, 2.24) is 20.1 Å². The molecule has 0 saturated carbocycles. The van der Waals surface area contributed by atoms with Crippen LogP contribution in [0.25, 0.3) is 0 Å². The topological polar surface area (TPSA) is 118 Å². The number of anilines is 1. The lowest BCUT2D eigenvalue weighted by molar-refractivity contribution is -0.113. The van der Waals surface area contributed by atoms with E-state index in [9.17, 15) is 19.1 Å². The normalized spacial score (nSPS) is 11.6. The van der Waals surface area contributed by atoms with E-state index in [0.717, 1.165) is 11.8 Å². The molecule has 0 aliphatic rings. The Balaban J connectivity index is 1.66. The summed E-state index contributed by atoms with van der Waals surface area (Å²) < 4.78 is 20.5. The molecule has 9 nitrogen and oxygen atoms in total. The Kier molecular flexibility index (Phi) is 8.39. The van der Waals surface area contributed by atoms with Crippen LogP contribution in [0.5, 0.6) is 5.75 Å². The van der Waals surface area contributed by atoms with Gasteiger partial charge in [-0.1, -0.05) is 23.9 Å². The standard InChI is InChI=1S/C22H24FN5O4S/c1-3-28-20(18(12-29)25-21(31)14-8-10-15(32-2)11-9-14)26-27-22(28)33-13-19(30)24-17-7-5-4-6-16(17)23/h4-11,18,29H,3,12-13H2,1-2H3,(H,24,30)(H,25,31)/t18-/m1/s1. The summed E-state index contributed by atoms with van der Waals surface area (Å²) in [6, 6.07) is 11.7. The van der Waals surface area contributed by atoms with E-state index in [-0.39, 0.29) is 17.3 Å². The van der Waals surface area contributed by atoms with Crippen molar-refractivity contribution in [2.75, 3.05) is 24.8 Å². The van der Waals surface area contributed by atoms with E-state index in [4.69, 9.17) is 4.74 Å². The number of carbonyl (C=O) groups is 2. The van der Waals surface area contributed by atoms with Crippen molar-refractivity contribution in [3.05, 3.63) is 65.7 Å². The Hall–Kier alpha value is -3.44. The second kappa shape index (κ2) is 11.4. The number of rotatable bonds is 10. The zero-order chi connectivity index (χ0) is 23.8. The van der Waals surface area contributed by atoms with Crippen molar-refractivity contribution in [2.45, 2.75) is 24.7 Å². The average Bonchev–Trinajstić information content (AvgIpc) is 3.25. The number of ether oxygens (including phenoxy) is 1. The zero-order valence-electron chi connectivity index (χ0n) is 18.1. The van der Waals surface area contributed by atoms with Crippen LogP contribution >= 0.6 is 11.8 Å². The summed E-state index contributed by atoms with van der Waals surface area (Å²) in [5.74, 6) is -0.345. The fraction of sp³-hybridized carbons (Fsp3) is 0.273. The Morgan fingerprint density at radius 1 is 1.18 bits per heavy atom. The van der Waals surface area contributed by atoms with Gasteiger partial charge < -0.3 is 25.0 Å². The van der Waals surface area contributed by atoms with E-state index in [1.165, 1.54) is 25.3 Å². The van der Waals surface area contributed by atoms with Crippen LogP contribution in [0.1, 0.15) is 29.1 Å². The second-order valence-electron chi connectivity index (χ2n) is 6.84. The maximum Gasteiger partial charge on any atom is 0.251 e. The number of aromatic nitrogens is 3. The summed E-state index contributed by atoms with van der Waals surface area (Å²) in [4.78, 5) is 24.8. The highest BCUT2D eigenvalue weighted by atomic mass is 32.2. The van der Waals surface area contributed by atoms with Gasteiger partial charge in [0.2, 0.25) is 5.91 Å². The molecule has 1 atom stereocenters. The lowest BCUT2D eigenvalue weighted by Crippen LogP contribution is -2.32. The largest absolute Gasteiger partial charge is 0.497 e. The summed E-state index contributed by atoms with van der Waals surface area (Å²) in [7, 11) is 1.54. The number of amides is 2. The third kappa shape index (κ3) is 6.08. The zero-order valence-corrected chi connectivity index (χ0v) is 18.9. The first-order valence-electron chi connectivity index (χ1n) is 10.1. The third-order valence-electron chi connectivity index (χ3n) is 4.69. The molecule has 11 heteroatoms. The maximum absolute atomic E-state index is 13.7. The summed E-state index contributed by atoms with van der Waals surface area (Å²) >= 11 is 1.12. The van der Waals surface area contributed by atoms with Gasteiger partial charge in [-0.3, -0.25) is 9.59 Å². The molecular formula is C22H24FN5O4S. The first-order chi connectivity index (χ1) is 16.0. The molecule has 3 N–H and O–H groups in total. The monoisotopic (exact) mass is 473 g/mol. The number of hydrogen-bond acceptors (Lipinski definition) is 7. The van der Waals surface area contributed by atoms with Crippen molar-refractivity contribution in [3.63, 3.8) is 0 Å². The van der Waals surface area contributed by atoms with Crippen molar-refractivity contribution in [2.24, 2.45) is 0 Å². The van der Waals surface area contributed by atoms with Gasteiger partial charge in [0.05, 0.1) is 25.2 Å². The Bertz CT molecular complexity index is 1110. The van der Waals surface area contributed by atoms with E-state index in [2.05, 4.69) is 20.8 Å². The molecule has 0 saturated heterocycles. The Morgan fingerprint density at radius 3 is 2.55 bits per heavy atom. The van der Waals surface area contributed by atoms with Gasteiger partial charge in [-0.2, -0.15) is 0 Å². The third-order valence-corrected chi connectivity index (χ3v) is 5.66. The van der Waals surface area contributed by atoms with Crippen LogP contribution in [0.2, 0.25) is 0 Å². The molecule has 0 aliphatic carbocycles. The molecular weight excluding hydrogens is 449 g/mol. The summed E-state index contributed by atoms with van der Waals surface area (Å²) in [6.45, 7) is 1.92. The van der Waals surface area contributed by atoms with Gasteiger partial charge in [0.25, 0.3) is 5.91 Å². The fourth-order valence-electron chi connectivity index (χ4n) is 3.02. The minimum absolute atomic E-state index is 0.0194. The molecule has 1 aromatic heterocycles. The molecule has 0 spiro atoms. The molecule has 33 heavy (non-hydrogen) atoms. The minimum atomic E-state index is -0.798. The quantitative estimate of drug-likeness (QED) is 0.388. The summed E-state index contributed by atoms with van der Waals surface area (Å²) in [5, 5.41) is 23.8. The number of halogens is 1. The lowest BCUT2D eigenvalue weighted by Gasteiger charge is -2.17. The number of aliphatic hydroxyl groups excluding tert-OH is 1. The number of carbonyl (C=O) groups excluding carboxylic acids is 2. The van der Waals surface area contributed by atoms with Crippen molar-refractivity contribution >= 4 is 29.3 Å². The van der Waals surface area contributed by atoms with Crippen LogP contribution in [0.15, 0.2) is 53.7 Å². The van der Waals surface area contributed by atoms with Crippen molar-refractivity contribution in [3.8, 4) is 5.75 Å².